The van der Waals surface area contributed by atoms with Crippen molar-refractivity contribution in [3.05, 3.63) is 35.0 Å². The van der Waals surface area contributed by atoms with Crippen molar-refractivity contribution in [1.82, 2.24) is 4.98 Å². The molecule has 0 radical (unpaired) electrons. The highest BCUT2D eigenvalue weighted by Crippen LogP contribution is 2.35. The number of hydrogen-bond donors (Lipinski definition) is 1. The molecule has 0 bridgehead atoms. The van der Waals surface area contributed by atoms with E-state index in [0.717, 1.165) is 61.7 Å². The van der Waals surface area contributed by atoms with Crippen LogP contribution in [-0.2, 0) is 12.8 Å². The zero-order valence-electron chi connectivity index (χ0n) is 11.6. The van der Waals surface area contributed by atoms with Crippen LogP contribution in [0.2, 0.25) is 0 Å². The minimum absolute atomic E-state index is 0.418. The van der Waals surface area contributed by atoms with Crippen molar-refractivity contribution in [2.24, 2.45) is 0 Å². The van der Waals surface area contributed by atoms with E-state index in [1.807, 2.05) is 0 Å². The van der Waals surface area contributed by atoms with Gasteiger partial charge in [-0.2, -0.15) is 0 Å². The zero-order chi connectivity index (χ0) is 14.1. The van der Waals surface area contributed by atoms with Crippen LogP contribution in [0, 0.1) is 11.6 Å². The summed E-state index contributed by atoms with van der Waals surface area (Å²) in [6.07, 6.45) is 4.97. The van der Waals surface area contributed by atoms with Crippen LogP contribution >= 0.6 is 0 Å². The predicted octanol–water partition coefficient (Wildman–Crippen LogP) is 4.21. The van der Waals surface area contributed by atoms with Crippen molar-refractivity contribution in [2.45, 2.75) is 39.0 Å². The number of halogens is 2. The smallest absolute Gasteiger partial charge is 0.137 e. The van der Waals surface area contributed by atoms with Crippen LogP contribution in [-0.4, -0.2) is 11.5 Å². The van der Waals surface area contributed by atoms with Crippen LogP contribution in [0.5, 0.6) is 0 Å². The normalized spacial score (nSPS) is 14.3. The highest BCUT2D eigenvalue weighted by molar-refractivity contribution is 5.94. The van der Waals surface area contributed by atoms with Gasteiger partial charge in [-0.25, -0.2) is 8.78 Å². The van der Waals surface area contributed by atoms with Crippen LogP contribution in [0.4, 0.5) is 14.5 Å². The second kappa shape index (κ2) is 5.35. The maximum Gasteiger partial charge on any atom is 0.137 e. The first-order chi connectivity index (χ1) is 9.70. The molecule has 0 atom stereocenters. The van der Waals surface area contributed by atoms with Crippen LogP contribution < -0.4 is 5.32 Å². The maximum atomic E-state index is 14.2. The molecule has 0 spiro atoms. The minimum atomic E-state index is -0.570. The number of aryl methyl sites for hydroxylation is 1. The summed E-state index contributed by atoms with van der Waals surface area (Å²) in [5.74, 6) is -1.10. The number of anilines is 1. The molecular formula is C16H18F2N2. The molecule has 1 heterocycles. The number of nitrogens with zero attached hydrogens (tertiary/aromatic N) is 1. The second-order valence-corrected chi connectivity index (χ2v) is 5.33. The van der Waals surface area contributed by atoms with Gasteiger partial charge in [0.2, 0.25) is 0 Å². The summed E-state index contributed by atoms with van der Waals surface area (Å²) in [7, 11) is 0. The molecule has 0 saturated heterocycles. The summed E-state index contributed by atoms with van der Waals surface area (Å²) in [6, 6.07) is 2.26. The molecule has 20 heavy (non-hydrogen) atoms. The van der Waals surface area contributed by atoms with E-state index in [-0.39, 0.29) is 0 Å². The molecule has 106 valence electrons. The van der Waals surface area contributed by atoms with Crippen LogP contribution in [0.15, 0.2) is 12.1 Å². The predicted molar refractivity (Wildman–Crippen MR) is 77.1 cm³/mol. The first kappa shape index (κ1) is 13.3. The molecule has 0 amide bonds. The first-order valence-corrected chi connectivity index (χ1v) is 7.25. The molecule has 1 N–H and O–H groups in total. The SMILES string of the molecule is CCCNc1c2c(nc3cc(F)cc(F)c13)CCCC2. The molecule has 0 saturated carbocycles. The van der Waals surface area contributed by atoms with Gasteiger partial charge in [-0.3, -0.25) is 4.98 Å². The molecule has 1 aromatic heterocycles. The summed E-state index contributed by atoms with van der Waals surface area (Å²) >= 11 is 0. The number of fused-ring (bicyclic) bond motifs is 2. The molecule has 4 heteroatoms. The van der Waals surface area contributed by atoms with Gasteiger partial charge in [-0.15, -0.1) is 0 Å². The van der Waals surface area contributed by atoms with Gasteiger partial charge in [-0.1, -0.05) is 6.92 Å². The Morgan fingerprint density at radius 3 is 2.80 bits per heavy atom. The van der Waals surface area contributed by atoms with E-state index in [2.05, 4.69) is 17.2 Å². The molecule has 1 aliphatic carbocycles. The Hall–Kier alpha value is -1.71. The van der Waals surface area contributed by atoms with E-state index in [0.29, 0.717) is 10.9 Å². The van der Waals surface area contributed by atoms with E-state index in [9.17, 15) is 8.78 Å². The van der Waals surface area contributed by atoms with Crippen LogP contribution in [0.1, 0.15) is 37.4 Å². The molecule has 2 nitrogen and oxygen atoms in total. The summed E-state index contributed by atoms with van der Waals surface area (Å²) < 4.78 is 27.6. The number of pyridine rings is 1. The summed E-state index contributed by atoms with van der Waals surface area (Å²) in [4.78, 5) is 4.49. The van der Waals surface area contributed by atoms with E-state index in [4.69, 9.17) is 0 Å². The molecular weight excluding hydrogens is 258 g/mol. The molecule has 3 rings (SSSR count). The largest absolute Gasteiger partial charge is 0.384 e. The van der Waals surface area contributed by atoms with Crippen molar-refractivity contribution in [2.75, 3.05) is 11.9 Å². The van der Waals surface area contributed by atoms with Gasteiger partial charge in [0.25, 0.3) is 0 Å². The number of nitrogens with one attached hydrogen (secondary N) is 1. The second-order valence-electron chi connectivity index (χ2n) is 5.33. The summed E-state index contributed by atoms with van der Waals surface area (Å²) in [5.41, 5.74) is 3.35. The van der Waals surface area contributed by atoms with Gasteiger partial charge >= 0.3 is 0 Å². The Labute approximate surface area is 117 Å². The number of rotatable bonds is 3. The van der Waals surface area contributed by atoms with E-state index < -0.39 is 11.6 Å². The molecule has 1 aliphatic rings. The van der Waals surface area contributed by atoms with Gasteiger partial charge in [0.05, 0.1) is 16.6 Å². The van der Waals surface area contributed by atoms with Crippen molar-refractivity contribution in [3.63, 3.8) is 0 Å². The lowest BCUT2D eigenvalue weighted by Crippen LogP contribution is -2.12. The van der Waals surface area contributed by atoms with E-state index >= 15 is 0 Å². The third-order valence-electron chi connectivity index (χ3n) is 3.83. The van der Waals surface area contributed by atoms with Gasteiger partial charge in [0.15, 0.2) is 0 Å². The Morgan fingerprint density at radius 1 is 1.20 bits per heavy atom. The molecule has 0 aliphatic heterocycles. The Bertz CT molecular complexity index is 653. The lowest BCUT2D eigenvalue weighted by Gasteiger charge is -2.21. The molecule has 2 aromatic rings. The lowest BCUT2D eigenvalue weighted by atomic mass is 9.92. The third-order valence-corrected chi connectivity index (χ3v) is 3.83. The topological polar surface area (TPSA) is 24.9 Å². The Balaban J connectivity index is 2.27. The Morgan fingerprint density at radius 2 is 2.00 bits per heavy atom. The van der Waals surface area contributed by atoms with Gasteiger partial charge in [0, 0.05) is 24.4 Å². The standard InChI is InChI=1S/C16H18F2N2/c1-2-7-19-16-11-5-3-4-6-13(11)20-14-9-10(17)8-12(18)15(14)16/h8-9H,2-7H2,1H3,(H,19,20). The summed E-state index contributed by atoms with van der Waals surface area (Å²) in [6.45, 7) is 2.85. The van der Waals surface area contributed by atoms with Gasteiger partial charge < -0.3 is 5.32 Å². The first-order valence-electron chi connectivity index (χ1n) is 7.25. The van der Waals surface area contributed by atoms with Crippen molar-refractivity contribution >= 4 is 16.6 Å². The molecule has 1 aromatic carbocycles. The highest BCUT2D eigenvalue weighted by atomic mass is 19.1. The van der Waals surface area contributed by atoms with Crippen molar-refractivity contribution in [3.8, 4) is 0 Å². The molecule has 0 unspecified atom stereocenters. The van der Waals surface area contributed by atoms with Crippen molar-refractivity contribution in [1.29, 1.82) is 0 Å². The number of benzene rings is 1. The minimum Gasteiger partial charge on any atom is -0.384 e. The fraction of sp³-hybridized carbons (Fsp3) is 0.438. The Kier molecular flexibility index (Phi) is 3.55. The monoisotopic (exact) mass is 276 g/mol. The van der Waals surface area contributed by atoms with Crippen LogP contribution in [0.3, 0.4) is 0 Å². The fourth-order valence-corrected chi connectivity index (χ4v) is 2.92. The lowest BCUT2D eigenvalue weighted by molar-refractivity contribution is 0.590. The average molecular weight is 276 g/mol. The number of hydrogen-bond acceptors (Lipinski definition) is 2. The van der Waals surface area contributed by atoms with Gasteiger partial charge in [0.1, 0.15) is 11.6 Å². The number of aromatic nitrogens is 1. The van der Waals surface area contributed by atoms with E-state index in [1.54, 1.807) is 0 Å². The maximum absolute atomic E-state index is 14.2. The van der Waals surface area contributed by atoms with Gasteiger partial charge in [-0.05, 0) is 37.7 Å². The fourth-order valence-electron chi connectivity index (χ4n) is 2.92. The molecule has 0 fully saturated rings. The van der Waals surface area contributed by atoms with E-state index in [1.165, 1.54) is 6.07 Å². The third kappa shape index (κ3) is 2.23. The zero-order valence-corrected chi connectivity index (χ0v) is 11.6. The average Bonchev–Trinajstić information content (AvgIpc) is 2.43. The highest BCUT2D eigenvalue weighted by Gasteiger charge is 2.20. The summed E-state index contributed by atoms with van der Waals surface area (Å²) in [5, 5.41) is 3.75. The van der Waals surface area contributed by atoms with Crippen LogP contribution in [0.25, 0.3) is 10.9 Å². The quantitative estimate of drug-likeness (QED) is 0.908. The van der Waals surface area contributed by atoms with Crippen molar-refractivity contribution < 1.29 is 8.78 Å².